The molecule has 2 aromatic rings. The zero-order chi connectivity index (χ0) is 9.80. The molecule has 1 aromatic heterocycles. The Labute approximate surface area is 93.4 Å². The average molecular weight is 224 g/mol. The molecule has 0 aliphatic heterocycles. The summed E-state index contributed by atoms with van der Waals surface area (Å²) in [7, 11) is 1.87. The maximum Gasteiger partial charge on any atom is 0.203 e. The molecule has 1 heterocycles. The van der Waals surface area contributed by atoms with Crippen LogP contribution in [0.25, 0.3) is 11.4 Å². The minimum atomic E-state index is 0. The van der Waals surface area contributed by atoms with Crippen LogP contribution in [-0.4, -0.2) is 27.4 Å². The van der Waals surface area contributed by atoms with Gasteiger partial charge in [-0.2, -0.15) is 0 Å². The minimum Gasteiger partial charge on any atom is -0.388 e. The quantitative estimate of drug-likeness (QED) is 0.834. The highest BCUT2D eigenvalue weighted by molar-refractivity contribution is 5.85. The summed E-state index contributed by atoms with van der Waals surface area (Å²) in [5.74, 6) is 0.537. The Hall–Kier alpha value is -1.75. The number of nitrogens with one attached hydrogen (secondary N) is 1. The summed E-state index contributed by atoms with van der Waals surface area (Å²) < 4.78 is 0. The van der Waals surface area contributed by atoms with Gasteiger partial charge in [-0.15, -0.1) is 32.8 Å². The van der Waals surface area contributed by atoms with E-state index >= 15 is 0 Å². The van der Waals surface area contributed by atoms with Gasteiger partial charge in [0.05, 0.1) is 0 Å². The Morgan fingerprint density at radius 1 is 1.00 bits per heavy atom. The normalized spacial score (nSPS) is 9.13. The van der Waals surface area contributed by atoms with E-state index in [0.717, 1.165) is 11.3 Å². The Morgan fingerprint density at radius 3 is 2.13 bits per heavy atom. The Bertz CT molecular complexity index is 403. The fraction of sp³-hybridized carbons (Fsp3) is 0.111. The second-order valence-corrected chi connectivity index (χ2v) is 2.70. The summed E-state index contributed by atoms with van der Waals surface area (Å²) in [6.07, 6.45) is 1.31. The standard InChI is InChI=1S/C9H9N5.ClH/c1-10-8-4-2-7(3-5-8)9-13-11-6-12-14-9;/h2-6,10H,1H3;1H. The van der Waals surface area contributed by atoms with Gasteiger partial charge in [0, 0.05) is 18.3 Å². The van der Waals surface area contributed by atoms with Crippen LogP contribution >= 0.6 is 12.4 Å². The molecule has 0 spiro atoms. The molecule has 5 nitrogen and oxygen atoms in total. The van der Waals surface area contributed by atoms with Crippen molar-refractivity contribution in [2.45, 2.75) is 0 Å². The fourth-order valence-corrected chi connectivity index (χ4v) is 1.11. The third-order valence-electron chi connectivity index (χ3n) is 1.84. The summed E-state index contributed by atoms with van der Waals surface area (Å²) >= 11 is 0. The van der Waals surface area contributed by atoms with E-state index < -0.39 is 0 Å². The first-order valence-corrected chi connectivity index (χ1v) is 4.18. The number of nitrogens with zero attached hydrogens (tertiary/aromatic N) is 4. The zero-order valence-electron chi connectivity index (χ0n) is 8.08. The van der Waals surface area contributed by atoms with Crippen LogP contribution in [0.1, 0.15) is 0 Å². The van der Waals surface area contributed by atoms with Gasteiger partial charge in [0.15, 0.2) is 6.33 Å². The molecule has 0 fully saturated rings. The predicted octanol–water partition coefficient (Wildman–Crippen LogP) is 1.40. The maximum atomic E-state index is 3.86. The first-order valence-electron chi connectivity index (χ1n) is 4.18. The number of rotatable bonds is 2. The second kappa shape index (κ2) is 5.21. The number of halogens is 1. The van der Waals surface area contributed by atoms with Crippen LogP contribution in [0.2, 0.25) is 0 Å². The highest BCUT2D eigenvalue weighted by Crippen LogP contribution is 2.15. The van der Waals surface area contributed by atoms with Gasteiger partial charge in [-0.1, -0.05) is 0 Å². The monoisotopic (exact) mass is 223 g/mol. The second-order valence-electron chi connectivity index (χ2n) is 2.70. The molecule has 0 atom stereocenters. The zero-order valence-corrected chi connectivity index (χ0v) is 8.90. The van der Waals surface area contributed by atoms with Crippen molar-refractivity contribution in [2.75, 3.05) is 12.4 Å². The van der Waals surface area contributed by atoms with Crippen LogP contribution < -0.4 is 5.32 Å². The van der Waals surface area contributed by atoms with Crippen LogP contribution in [0.3, 0.4) is 0 Å². The van der Waals surface area contributed by atoms with Crippen molar-refractivity contribution < 1.29 is 0 Å². The molecule has 0 amide bonds. The molecule has 0 saturated carbocycles. The number of hydrogen-bond donors (Lipinski definition) is 1. The SMILES string of the molecule is CNc1ccc(-c2nncnn2)cc1.Cl. The largest absolute Gasteiger partial charge is 0.388 e. The third kappa shape index (κ3) is 2.60. The van der Waals surface area contributed by atoms with Gasteiger partial charge in [0.2, 0.25) is 5.82 Å². The molecular formula is C9H10ClN5. The van der Waals surface area contributed by atoms with Crippen LogP contribution in [0.15, 0.2) is 30.6 Å². The van der Waals surface area contributed by atoms with Gasteiger partial charge in [0.1, 0.15) is 0 Å². The molecule has 0 aliphatic rings. The van der Waals surface area contributed by atoms with E-state index in [0.29, 0.717) is 5.82 Å². The molecular weight excluding hydrogens is 214 g/mol. The molecule has 0 bridgehead atoms. The summed E-state index contributed by atoms with van der Waals surface area (Å²) in [5, 5.41) is 18.1. The molecule has 0 unspecified atom stereocenters. The number of aromatic nitrogens is 4. The number of hydrogen-bond acceptors (Lipinski definition) is 5. The molecule has 0 saturated heterocycles. The van der Waals surface area contributed by atoms with Crippen LogP contribution in [0.4, 0.5) is 5.69 Å². The Kier molecular flexibility index (Phi) is 3.93. The first kappa shape index (κ1) is 11.3. The van der Waals surface area contributed by atoms with E-state index in [9.17, 15) is 0 Å². The minimum absolute atomic E-state index is 0. The number of benzene rings is 1. The van der Waals surface area contributed by atoms with Crippen LogP contribution in [-0.2, 0) is 0 Å². The lowest BCUT2D eigenvalue weighted by Crippen LogP contribution is -1.94. The van der Waals surface area contributed by atoms with Gasteiger partial charge in [-0.05, 0) is 24.3 Å². The predicted molar refractivity (Wildman–Crippen MR) is 59.9 cm³/mol. The van der Waals surface area contributed by atoms with Gasteiger partial charge in [0.25, 0.3) is 0 Å². The highest BCUT2D eigenvalue weighted by Gasteiger charge is 2.00. The van der Waals surface area contributed by atoms with Crippen LogP contribution in [0.5, 0.6) is 0 Å². The Morgan fingerprint density at radius 2 is 1.60 bits per heavy atom. The maximum absolute atomic E-state index is 3.86. The molecule has 15 heavy (non-hydrogen) atoms. The van der Waals surface area contributed by atoms with Gasteiger partial charge in [-0.25, -0.2) is 0 Å². The molecule has 0 radical (unpaired) electrons. The van der Waals surface area contributed by atoms with E-state index in [2.05, 4.69) is 25.7 Å². The van der Waals surface area contributed by atoms with Crippen molar-refractivity contribution in [1.82, 2.24) is 20.4 Å². The molecule has 1 N–H and O–H groups in total. The summed E-state index contributed by atoms with van der Waals surface area (Å²) in [5.41, 5.74) is 1.95. The summed E-state index contributed by atoms with van der Waals surface area (Å²) in [4.78, 5) is 0. The van der Waals surface area contributed by atoms with Gasteiger partial charge in [-0.3, -0.25) is 0 Å². The van der Waals surface area contributed by atoms with Gasteiger partial charge >= 0.3 is 0 Å². The van der Waals surface area contributed by atoms with Crippen molar-refractivity contribution in [2.24, 2.45) is 0 Å². The summed E-state index contributed by atoms with van der Waals surface area (Å²) in [6, 6.07) is 7.74. The molecule has 78 valence electrons. The highest BCUT2D eigenvalue weighted by atomic mass is 35.5. The third-order valence-corrected chi connectivity index (χ3v) is 1.84. The van der Waals surface area contributed by atoms with E-state index in [1.165, 1.54) is 6.33 Å². The van der Waals surface area contributed by atoms with Gasteiger partial charge < -0.3 is 5.32 Å². The first-order chi connectivity index (χ1) is 6.90. The Balaban J connectivity index is 0.00000112. The van der Waals surface area contributed by atoms with Crippen molar-refractivity contribution in [3.63, 3.8) is 0 Å². The molecule has 1 aromatic carbocycles. The fourth-order valence-electron chi connectivity index (χ4n) is 1.11. The lowest BCUT2D eigenvalue weighted by molar-refractivity contribution is 0.864. The van der Waals surface area contributed by atoms with Crippen molar-refractivity contribution in [3.05, 3.63) is 30.6 Å². The lowest BCUT2D eigenvalue weighted by atomic mass is 10.2. The lowest BCUT2D eigenvalue weighted by Gasteiger charge is -2.00. The molecule has 2 rings (SSSR count). The van der Waals surface area contributed by atoms with Crippen molar-refractivity contribution in [3.8, 4) is 11.4 Å². The molecule has 6 heteroatoms. The summed E-state index contributed by atoms with van der Waals surface area (Å²) in [6.45, 7) is 0. The topological polar surface area (TPSA) is 63.6 Å². The van der Waals surface area contributed by atoms with Crippen molar-refractivity contribution in [1.29, 1.82) is 0 Å². The van der Waals surface area contributed by atoms with E-state index in [1.807, 2.05) is 31.3 Å². The number of anilines is 1. The molecule has 0 aliphatic carbocycles. The van der Waals surface area contributed by atoms with E-state index in [1.54, 1.807) is 0 Å². The van der Waals surface area contributed by atoms with Crippen LogP contribution in [0, 0.1) is 0 Å². The smallest absolute Gasteiger partial charge is 0.203 e. The van der Waals surface area contributed by atoms with E-state index in [4.69, 9.17) is 0 Å². The van der Waals surface area contributed by atoms with Crippen molar-refractivity contribution >= 4 is 18.1 Å². The van der Waals surface area contributed by atoms with E-state index in [-0.39, 0.29) is 12.4 Å². The average Bonchev–Trinajstić information content (AvgIpc) is 2.30.